The molecule has 6 rings (SSSR count). The fourth-order valence-corrected chi connectivity index (χ4v) is 12.2. The van der Waals surface area contributed by atoms with Gasteiger partial charge >= 0.3 is 5.97 Å². The van der Waals surface area contributed by atoms with Crippen LogP contribution < -0.4 is 10.4 Å². The molecule has 1 unspecified atom stereocenters. The zero-order chi connectivity index (χ0) is 30.0. The molecule has 2 fully saturated rings. The minimum atomic E-state index is -2.56. The summed E-state index contributed by atoms with van der Waals surface area (Å²) in [5, 5.41) is 12.0. The topological polar surface area (TPSA) is 77.4 Å². The summed E-state index contributed by atoms with van der Waals surface area (Å²) >= 11 is 0. The van der Waals surface area contributed by atoms with Gasteiger partial charge in [-0.05, 0) is 58.6 Å². The molecule has 0 aromatic heterocycles. The van der Waals surface area contributed by atoms with Gasteiger partial charge in [-0.3, -0.25) is 0 Å². The van der Waals surface area contributed by atoms with E-state index in [9.17, 15) is 9.90 Å². The molecule has 3 aliphatic rings. The highest BCUT2D eigenvalue weighted by atomic mass is 28.4. The minimum absolute atomic E-state index is 0.0228. The number of hydrogen-bond acceptors (Lipinski definition) is 5. The Hall–Kier alpha value is -3.26. The molecule has 3 aliphatic heterocycles. The number of carbonyl (C=O) groups is 1. The van der Waals surface area contributed by atoms with E-state index in [1.54, 1.807) is 0 Å². The Labute approximate surface area is 256 Å². The molecule has 0 radical (unpaired) electrons. The third kappa shape index (κ3) is 5.82. The summed E-state index contributed by atoms with van der Waals surface area (Å²) in [6, 6.07) is 29.5. The van der Waals surface area contributed by atoms with Crippen molar-refractivity contribution in [3.05, 3.63) is 96.1 Å². The molecule has 0 aliphatic carbocycles. The molecular formula is C36H43NO5Si. The van der Waals surface area contributed by atoms with E-state index in [1.165, 1.54) is 21.5 Å². The molecule has 3 aromatic rings. The second kappa shape index (κ2) is 12.4. The molecule has 3 heterocycles. The number of carboxylic acid groups (broad SMARTS) is 1. The maximum absolute atomic E-state index is 11.5. The third-order valence-corrected chi connectivity index (χ3v) is 14.6. The molecule has 5 atom stereocenters. The third-order valence-electron chi connectivity index (χ3n) is 9.57. The average Bonchev–Trinajstić information content (AvgIpc) is 3.76. The fraction of sp³-hybridized carbons (Fsp3) is 0.444. The molecular weight excluding hydrogens is 554 g/mol. The van der Waals surface area contributed by atoms with Gasteiger partial charge < -0.3 is 19.0 Å². The van der Waals surface area contributed by atoms with Gasteiger partial charge in [0, 0.05) is 12.5 Å². The summed E-state index contributed by atoms with van der Waals surface area (Å²) in [6.07, 6.45) is 4.97. The van der Waals surface area contributed by atoms with Crippen LogP contribution in [-0.2, 0) is 31.5 Å². The zero-order valence-electron chi connectivity index (χ0n) is 25.4. The quantitative estimate of drug-likeness (QED) is 0.236. The molecule has 2 bridgehead atoms. The van der Waals surface area contributed by atoms with Gasteiger partial charge in [0.25, 0.3) is 8.32 Å². The number of rotatable bonds is 11. The van der Waals surface area contributed by atoms with Gasteiger partial charge in [0.2, 0.25) is 0 Å². The molecule has 226 valence electrons. The van der Waals surface area contributed by atoms with Gasteiger partial charge in [-0.15, -0.1) is 0 Å². The Bertz CT molecular complexity index is 1400. The molecule has 0 amide bonds. The van der Waals surface area contributed by atoms with E-state index < -0.39 is 20.3 Å². The monoisotopic (exact) mass is 597 g/mol. The van der Waals surface area contributed by atoms with Crippen molar-refractivity contribution >= 4 is 30.6 Å². The molecule has 0 spiro atoms. The second-order valence-electron chi connectivity index (χ2n) is 13.2. The van der Waals surface area contributed by atoms with Crippen molar-refractivity contribution in [3.8, 4) is 0 Å². The van der Waals surface area contributed by atoms with E-state index in [1.807, 2.05) is 0 Å². The van der Waals surface area contributed by atoms with Crippen molar-refractivity contribution in [2.45, 2.75) is 76.2 Å². The first kappa shape index (κ1) is 29.8. The molecule has 43 heavy (non-hydrogen) atoms. The van der Waals surface area contributed by atoms with Crippen LogP contribution >= 0.6 is 0 Å². The van der Waals surface area contributed by atoms with Gasteiger partial charge in [-0.2, -0.15) is 0 Å². The lowest BCUT2D eigenvalue weighted by Crippen LogP contribution is -2.66. The van der Waals surface area contributed by atoms with Crippen LogP contribution in [0.25, 0.3) is 0 Å². The van der Waals surface area contributed by atoms with Crippen LogP contribution in [0.3, 0.4) is 0 Å². The van der Waals surface area contributed by atoms with Crippen molar-refractivity contribution in [2.24, 2.45) is 16.8 Å². The largest absolute Gasteiger partial charge is 0.480 e. The Kier molecular flexibility index (Phi) is 8.58. The maximum Gasteiger partial charge on any atom is 0.332 e. The number of fused-ring (bicyclic) bond motifs is 2. The Morgan fingerprint density at radius 2 is 1.51 bits per heavy atom. The van der Waals surface area contributed by atoms with E-state index in [4.69, 9.17) is 13.9 Å². The number of aliphatic carboxylic acids is 1. The Morgan fingerprint density at radius 3 is 2.12 bits per heavy atom. The number of benzene rings is 3. The SMILES string of the molecule is CC(C)(C)[Si](OCCCc1ccccc1C[C@H]1[C@@H]2CCC(O2)[C@H]1C1=N[C@H](C(=O)O)CO1)(c1ccccc1)c1ccccc1. The van der Waals surface area contributed by atoms with E-state index in [0.29, 0.717) is 12.5 Å². The van der Waals surface area contributed by atoms with Crippen LogP contribution in [0.2, 0.25) is 5.04 Å². The van der Waals surface area contributed by atoms with E-state index in [-0.39, 0.29) is 35.7 Å². The molecule has 6 nitrogen and oxygen atoms in total. The van der Waals surface area contributed by atoms with Crippen molar-refractivity contribution in [1.29, 1.82) is 0 Å². The van der Waals surface area contributed by atoms with Crippen molar-refractivity contribution in [1.82, 2.24) is 0 Å². The number of aryl methyl sites for hydroxylation is 1. The van der Waals surface area contributed by atoms with Crippen LogP contribution in [0.4, 0.5) is 0 Å². The first-order valence-corrected chi connectivity index (χ1v) is 17.6. The molecule has 1 N–H and O–H groups in total. The fourth-order valence-electron chi connectivity index (χ4n) is 7.58. The highest BCUT2D eigenvalue weighted by Crippen LogP contribution is 2.46. The number of hydrogen-bond donors (Lipinski definition) is 1. The average molecular weight is 598 g/mol. The molecule has 7 heteroatoms. The van der Waals surface area contributed by atoms with Gasteiger partial charge in [0.1, 0.15) is 6.61 Å². The van der Waals surface area contributed by atoms with Gasteiger partial charge in [0.05, 0.1) is 18.1 Å². The normalized spacial score (nSPS) is 25.0. The molecule has 0 saturated carbocycles. The number of nitrogens with zero attached hydrogens (tertiary/aromatic N) is 1. The number of aliphatic imine (C=N–C) groups is 1. The summed E-state index contributed by atoms with van der Waals surface area (Å²) in [5.41, 5.74) is 2.67. The Morgan fingerprint density at radius 1 is 0.907 bits per heavy atom. The lowest BCUT2D eigenvalue weighted by molar-refractivity contribution is -0.138. The first-order valence-electron chi connectivity index (χ1n) is 15.7. The summed E-state index contributed by atoms with van der Waals surface area (Å²) in [6.45, 7) is 7.76. The Balaban J connectivity index is 1.18. The standard InChI is InChI=1S/C36H43NO5Si/c1-36(2,3)43(27-16-6-4-7-17-27,28-18-8-5-9-19-28)41-22-12-15-25-13-10-11-14-26(25)23-29-31-20-21-32(42-31)33(29)34-37-30(24-40-34)35(38)39/h4-11,13-14,16-19,29-33H,12,15,20-24H2,1-3H3,(H,38,39)/t29-,30-,31-,32?,33-/m0/s1. The minimum Gasteiger partial charge on any atom is -0.480 e. The first-order chi connectivity index (χ1) is 20.8. The highest BCUT2D eigenvalue weighted by molar-refractivity contribution is 6.99. The van der Waals surface area contributed by atoms with E-state index in [0.717, 1.165) is 32.1 Å². The number of ether oxygens (including phenoxy) is 2. The van der Waals surface area contributed by atoms with Crippen molar-refractivity contribution in [2.75, 3.05) is 13.2 Å². The summed E-state index contributed by atoms with van der Waals surface area (Å²) in [7, 11) is -2.56. The summed E-state index contributed by atoms with van der Waals surface area (Å²) < 4.78 is 19.3. The molecule has 3 aromatic carbocycles. The summed E-state index contributed by atoms with van der Waals surface area (Å²) in [4.78, 5) is 16.0. The lowest BCUT2D eigenvalue weighted by Gasteiger charge is -2.43. The van der Waals surface area contributed by atoms with Crippen LogP contribution in [0.15, 0.2) is 89.9 Å². The predicted octanol–water partition coefficient (Wildman–Crippen LogP) is 5.41. The zero-order valence-corrected chi connectivity index (χ0v) is 26.4. The maximum atomic E-state index is 11.5. The van der Waals surface area contributed by atoms with Crippen molar-refractivity contribution in [3.63, 3.8) is 0 Å². The number of carboxylic acids is 1. The van der Waals surface area contributed by atoms with Crippen molar-refractivity contribution < 1.29 is 23.8 Å². The van der Waals surface area contributed by atoms with E-state index in [2.05, 4.69) is 111 Å². The second-order valence-corrected chi connectivity index (χ2v) is 17.5. The predicted molar refractivity (Wildman–Crippen MR) is 172 cm³/mol. The lowest BCUT2D eigenvalue weighted by atomic mass is 9.75. The van der Waals surface area contributed by atoms with Gasteiger partial charge in [-0.25, -0.2) is 9.79 Å². The summed E-state index contributed by atoms with van der Waals surface area (Å²) in [5.74, 6) is -0.0868. The highest BCUT2D eigenvalue weighted by Gasteiger charge is 2.53. The van der Waals surface area contributed by atoms with Gasteiger partial charge in [-0.1, -0.05) is 106 Å². The van der Waals surface area contributed by atoms with Crippen LogP contribution in [0, 0.1) is 11.8 Å². The van der Waals surface area contributed by atoms with Crippen LogP contribution in [0.5, 0.6) is 0 Å². The smallest absolute Gasteiger partial charge is 0.332 e. The van der Waals surface area contributed by atoms with Crippen LogP contribution in [-0.4, -0.2) is 56.8 Å². The van der Waals surface area contributed by atoms with E-state index >= 15 is 0 Å². The van der Waals surface area contributed by atoms with Gasteiger partial charge in [0.15, 0.2) is 11.9 Å². The van der Waals surface area contributed by atoms with Crippen LogP contribution in [0.1, 0.15) is 51.2 Å². The molecule has 2 saturated heterocycles.